The molecule has 0 atom stereocenters. The van der Waals surface area contributed by atoms with Gasteiger partial charge in [-0.3, -0.25) is 0 Å². The van der Waals surface area contributed by atoms with Crippen molar-refractivity contribution >= 4 is 0 Å². The normalized spacial score (nSPS) is 21.0. The molecule has 1 aromatic rings. The summed E-state index contributed by atoms with van der Waals surface area (Å²) < 4.78 is 28.2. The minimum atomic E-state index is -2.52. The van der Waals surface area contributed by atoms with Crippen LogP contribution in [0, 0.1) is 6.92 Å². The van der Waals surface area contributed by atoms with Crippen LogP contribution in [0.15, 0.2) is 12.5 Å². The van der Waals surface area contributed by atoms with Crippen molar-refractivity contribution in [3.8, 4) is 0 Å². The summed E-state index contributed by atoms with van der Waals surface area (Å²) >= 11 is 0. The molecule has 1 aromatic heterocycles. The van der Waals surface area contributed by atoms with Crippen molar-refractivity contribution in [2.75, 3.05) is 6.54 Å². The van der Waals surface area contributed by atoms with E-state index >= 15 is 0 Å². The van der Waals surface area contributed by atoms with E-state index < -0.39 is 5.92 Å². The first-order valence-corrected chi connectivity index (χ1v) is 6.56. The second-order valence-electron chi connectivity index (χ2n) is 4.71. The van der Waals surface area contributed by atoms with E-state index in [9.17, 15) is 8.78 Å². The monoisotopic (exact) mass is 259 g/mol. The molecule has 1 aliphatic rings. The lowest BCUT2D eigenvalue weighted by Gasteiger charge is -2.40. The molecule has 2 N–H and O–H groups in total. The van der Waals surface area contributed by atoms with E-state index in [0.29, 0.717) is 19.4 Å². The standard InChI is InChI=1S/C11H17F2N3.C2H6/c1-9-6-16(8-15-9)10(7-14)2-4-11(12,13)5-3-10;1-2/h6,8H,2-5,7,14H2,1H3;1-2H3. The van der Waals surface area contributed by atoms with Crippen LogP contribution in [0.2, 0.25) is 0 Å². The van der Waals surface area contributed by atoms with Crippen molar-refractivity contribution in [1.82, 2.24) is 9.55 Å². The molecule has 2 rings (SSSR count). The molecule has 0 bridgehead atoms. The van der Waals surface area contributed by atoms with Crippen LogP contribution in [0.5, 0.6) is 0 Å². The molecule has 0 spiro atoms. The van der Waals surface area contributed by atoms with E-state index in [1.807, 2.05) is 31.5 Å². The van der Waals surface area contributed by atoms with Gasteiger partial charge in [-0.15, -0.1) is 0 Å². The summed E-state index contributed by atoms with van der Waals surface area (Å²) in [6.45, 7) is 6.27. The zero-order valence-corrected chi connectivity index (χ0v) is 11.4. The Morgan fingerprint density at radius 1 is 1.28 bits per heavy atom. The molecule has 18 heavy (non-hydrogen) atoms. The van der Waals surface area contributed by atoms with Crippen LogP contribution < -0.4 is 5.73 Å². The number of nitrogens with two attached hydrogens (primary N) is 1. The second kappa shape index (κ2) is 5.78. The van der Waals surface area contributed by atoms with Gasteiger partial charge in [-0.2, -0.15) is 0 Å². The highest BCUT2D eigenvalue weighted by atomic mass is 19.3. The minimum absolute atomic E-state index is 0.0819. The van der Waals surface area contributed by atoms with E-state index in [1.54, 1.807) is 6.33 Å². The predicted molar refractivity (Wildman–Crippen MR) is 68.8 cm³/mol. The number of alkyl halides is 2. The van der Waals surface area contributed by atoms with Crippen LogP contribution in [0.4, 0.5) is 8.78 Å². The molecule has 104 valence electrons. The fourth-order valence-electron chi connectivity index (χ4n) is 2.33. The number of rotatable bonds is 2. The second-order valence-corrected chi connectivity index (χ2v) is 4.71. The molecule has 0 radical (unpaired) electrons. The fourth-order valence-corrected chi connectivity index (χ4v) is 2.33. The maximum Gasteiger partial charge on any atom is 0.248 e. The van der Waals surface area contributed by atoms with Crippen molar-refractivity contribution in [1.29, 1.82) is 0 Å². The number of hydrogen-bond acceptors (Lipinski definition) is 2. The number of aryl methyl sites for hydroxylation is 1. The van der Waals surface area contributed by atoms with Gasteiger partial charge in [0, 0.05) is 25.6 Å². The molecule has 0 saturated heterocycles. The van der Waals surface area contributed by atoms with E-state index in [-0.39, 0.29) is 18.4 Å². The van der Waals surface area contributed by atoms with Gasteiger partial charge in [0.1, 0.15) is 0 Å². The van der Waals surface area contributed by atoms with Gasteiger partial charge in [-0.25, -0.2) is 13.8 Å². The summed E-state index contributed by atoms with van der Waals surface area (Å²) in [5.74, 6) is -2.52. The highest BCUT2D eigenvalue weighted by molar-refractivity contribution is 5.02. The summed E-state index contributed by atoms with van der Waals surface area (Å²) in [5, 5.41) is 0. The van der Waals surface area contributed by atoms with E-state index in [2.05, 4.69) is 4.98 Å². The molecule has 1 saturated carbocycles. The van der Waals surface area contributed by atoms with Crippen molar-refractivity contribution in [2.24, 2.45) is 5.73 Å². The number of nitrogens with zero attached hydrogens (tertiary/aromatic N) is 2. The van der Waals surface area contributed by atoms with Crippen molar-refractivity contribution in [3.63, 3.8) is 0 Å². The molecule has 3 nitrogen and oxygen atoms in total. The number of hydrogen-bond donors (Lipinski definition) is 1. The first-order chi connectivity index (χ1) is 8.47. The minimum Gasteiger partial charge on any atom is -0.330 e. The lowest BCUT2D eigenvalue weighted by Crippen LogP contribution is -2.46. The Hall–Kier alpha value is -0.970. The highest BCUT2D eigenvalue weighted by Gasteiger charge is 2.43. The SMILES string of the molecule is CC.Cc1cn(C2(CN)CCC(F)(F)CC2)cn1. The van der Waals surface area contributed by atoms with E-state index in [1.165, 1.54) is 0 Å². The first kappa shape index (κ1) is 15.1. The molecule has 5 heteroatoms. The molecule has 0 unspecified atom stereocenters. The van der Waals surface area contributed by atoms with Crippen LogP contribution in [-0.2, 0) is 5.54 Å². The van der Waals surface area contributed by atoms with Gasteiger partial charge in [0.2, 0.25) is 5.92 Å². The molecular formula is C13H23F2N3. The Morgan fingerprint density at radius 2 is 1.83 bits per heavy atom. The van der Waals surface area contributed by atoms with Crippen LogP contribution in [0.25, 0.3) is 0 Å². The largest absolute Gasteiger partial charge is 0.330 e. The van der Waals surface area contributed by atoms with Crippen molar-refractivity contribution < 1.29 is 8.78 Å². The summed E-state index contributed by atoms with van der Waals surface area (Å²) in [6.07, 6.45) is 4.27. The Kier molecular flexibility index (Phi) is 4.85. The highest BCUT2D eigenvalue weighted by Crippen LogP contribution is 2.41. The smallest absolute Gasteiger partial charge is 0.248 e. The molecular weight excluding hydrogens is 236 g/mol. The molecule has 0 amide bonds. The van der Waals surface area contributed by atoms with Gasteiger partial charge < -0.3 is 10.3 Å². The maximum atomic E-state index is 13.1. The van der Waals surface area contributed by atoms with Crippen molar-refractivity contribution in [2.45, 2.75) is 57.9 Å². The lowest BCUT2D eigenvalue weighted by atomic mass is 9.79. The number of aromatic nitrogens is 2. The Balaban J connectivity index is 0.000000771. The fraction of sp³-hybridized carbons (Fsp3) is 0.769. The third-order valence-corrected chi connectivity index (χ3v) is 3.55. The number of imidazole rings is 1. The third-order valence-electron chi connectivity index (χ3n) is 3.55. The number of halogens is 2. The van der Waals surface area contributed by atoms with Crippen LogP contribution in [0.1, 0.15) is 45.2 Å². The predicted octanol–water partition coefficient (Wildman–Crippen LogP) is 3.08. The average molecular weight is 259 g/mol. The van der Waals surface area contributed by atoms with Crippen LogP contribution in [0.3, 0.4) is 0 Å². The topological polar surface area (TPSA) is 43.8 Å². The van der Waals surface area contributed by atoms with Gasteiger partial charge in [-0.05, 0) is 19.8 Å². The molecule has 1 heterocycles. The molecule has 1 aliphatic carbocycles. The Bertz CT molecular complexity index is 364. The summed E-state index contributed by atoms with van der Waals surface area (Å²) in [5.41, 5.74) is 6.31. The maximum absolute atomic E-state index is 13.1. The summed E-state index contributed by atoms with van der Waals surface area (Å²) in [4.78, 5) is 4.14. The van der Waals surface area contributed by atoms with Crippen LogP contribution in [-0.4, -0.2) is 22.0 Å². The average Bonchev–Trinajstić information content (AvgIpc) is 2.80. The van der Waals surface area contributed by atoms with E-state index in [0.717, 1.165) is 5.69 Å². The van der Waals surface area contributed by atoms with Gasteiger partial charge in [-0.1, -0.05) is 13.8 Å². The van der Waals surface area contributed by atoms with E-state index in [4.69, 9.17) is 5.73 Å². The Morgan fingerprint density at radius 3 is 2.22 bits per heavy atom. The third kappa shape index (κ3) is 3.07. The summed E-state index contributed by atoms with van der Waals surface area (Å²) in [6, 6.07) is 0. The van der Waals surface area contributed by atoms with Crippen LogP contribution >= 0.6 is 0 Å². The first-order valence-electron chi connectivity index (χ1n) is 6.56. The Labute approximate surface area is 107 Å². The van der Waals surface area contributed by atoms with Crippen molar-refractivity contribution in [3.05, 3.63) is 18.2 Å². The molecule has 0 aliphatic heterocycles. The molecule has 0 aromatic carbocycles. The van der Waals surface area contributed by atoms with Gasteiger partial charge in [0.25, 0.3) is 0 Å². The zero-order valence-electron chi connectivity index (χ0n) is 11.4. The van der Waals surface area contributed by atoms with Gasteiger partial charge in [0.05, 0.1) is 17.6 Å². The van der Waals surface area contributed by atoms with Gasteiger partial charge >= 0.3 is 0 Å². The van der Waals surface area contributed by atoms with Gasteiger partial charge in [0.15, 0.2) is 0 Å². The quantitative estimate of drug-likeness (QED) is 0.887. The summed E-state index contributed by atoms with van der Waals surface area (Å²) in [7, 11) is 0. The zero-order chi connectivity index (χ0) is 13.8. The molecule has 1 fully saturated rings. The lowest BCUT2D eigenvalue weighted by molar-refractivity contribution is -0.0620.